The molecule has 0 saturated carbocycles. The smallest absolute Gasteiger partial charge is 0.219 e. The molecule has 3 N–H and O–H groups in total. The van der Waals surface area contributed by atoms with Gasteiger partial charge in [-0.2, -0.15) is 0 Å². The van der Waals surface area contributed by atoms with Crippen LogP contribution < -0.4 is 11.1 Å². The standard InChI is InChI=1S/C12H24N2O2/c1-2-3-4-5-6-9-12(16)14-10-7-8-11(13)15/h2-10H2,1H3,(H2,13,15)(H,14,16). The summed E-state index contributed by atoms with van der Waals surface area (Å²) >= 11 is 0. The zero-order valence-electron chi connectivity index (χ0n) is 10.3. The Hall–Kier alpha value is -1.06. The lowest BCUT2D eigenvalue weighted by atomic mass is 10.1. The van der Waals surface area contributed by atoms with E-state index in [1.165, 1.54) is 19.3 Å². The summed E-state index contributed by atoms with van der Waals surface area (Å²) in [5, 5.41) is 2.78. The Balaban J connectivity index is 3.21. The molecule has 0 fully saturated rings. The van der Waals surface area contributed by atoms with Crippen molar-refractivity contribution in [2.24, 2.45) is 5.73 Å². The second-order valence-corrected chi connectivity index (χ2v) is 4.08. The number of rotatable bonds is 10. The predicted molar refractivity (Wildman–Crippen MR) is 64.8 cm³/mol. The molecule has 0 rings (SSSR count). The van der Waals surface area contributed by atoms with Crippen molar-refractivity contribution in [3.05, 3.63) is 0 Å². The van der Waals surface area contributed by atoms with Gasteiger partial charge in [-0.15, -0.1) is 0 Å². The van der Waals surface area contributed by atoms with Gasteiger partial charge in [0.25, 0.3) is 0 Å². The average Bonchev–Trinajstić information content (AvgIpc) is 2.24. The maximum Gasteiger partial charge on any atom is 0.219 e. The fourth-order valence-corrected chi connectivity index (χ4v) is 1.47. The number of unbranched alkanes of at least 4 members (excludes halogenated alkanes) is 4. The molecule has 4 heteroatoms. The maximum atomic E-state index is 11.3. The second kappa shape index (κ2) is 10.5. The normalized spacial score (nSPS) is 10.1. The van der Waals surface area contributed by atoms with E-state index < -0.39 is 0 Å². The molecule has 16 heavy (non-hydrogen) atoms. The lowest BCUT2D eigenvalue weighted by Gasteiger charge is -2.04. The van der Waals surface area contributed by atoms with Crippen LogP contribution >= 0.6 is 0 Å². The molecule has 2 amide bonds. The molecular formula is C12H24N2O2. The molecule has 0 aliphatic heterocycles. The van der Waals surface area contributed by atoms with Crippen molar-refractivity contribution >= 4 is 11.8 Å². The Morgan fingerprint density at radius 2 is 1.69 bits per heavy atom. The highest BCUT2D eigenvalue weighted by Gasteiger charge is 2.00. The highest BCUT2D eigenvalue weighted by atomic mass is 16.2. The molecule has 0 spiro atoms. The lowest BCUT2D eigenvalue weighted by molar-refractivity contribution is -0.122. The lowest BCUT2D eigenvalue weighted by Crippen LogP contribution is -2.25. The summed E-state index contributed by atoms with van der Waals surface area (Å²) in [5.41, 5.74) is 4.98. The van der Waals surface area contributed by atoms with Crippen LogP contribution in [-0.4, -0.2) is 18.4 Å². The number of nitrogens with one attached hydrogen (secondary N) is 1. The van der Waals surface area contributed by atoms with Gasteiger partial charge in [0.15, 0.2) is 0 Å². The van der Waals surface area contributed by atoms with Gasteiger partial charge in [0.1, 0.15) is 0 Å². The fourth-order valence-electron chi connectivity index (χ4n) is 1.47. The summed E-state index contributed by atoms with van der Waals surface area (Å²) in [6, 6.07) is 0. The largest absolute Gasteiger partial charge is 0.370 e. The number of carbonyl (C=O) groups is 2. The van der Waals surface area contributed by atoms with Crippen molar-refractivity contribution in [3.8, 4) is 0 Å². The summed E-state index contributed by atoms with van der Waals surface area (Å²) in [6.07, 6.45) is 7.35. The fraction of sp³-hybridized carbons (Fsp3) is 0.833. The van der Waals surface area contributed by atoms with Crippen LogP contribution in [0, 0.1) is 0 Å². The first kappa shape index (κ1) is 14.9. The van der Waals surface area contributed by atoms with Crippen LogP contribution in [0.5, 0.6) is 0 Å². The summed E-state index contributed by atoms with van der Waals surface area (Å²) in [6.45, 7) is 2.72. The quantitative estimate of drug-likeness (QED) is 0.559. The van der Waals surface area contributed by atoms with Gasteiger partial charge in [-0.05, 0) is 12.8 Å². The Labute approximate surface area is 98.0 Å². The molecule has 0 atom stereocenters. The number of nitrogens with two attached hydrogens (primary N) is 1. The van der Waals surface area contributed by atoms with Crippen molar-refractivity contribution in [2.45, 2.75) is 58.3 Å². The molecule has 0 aromatic heterocycles. The Bertz CT molecular complexity index is 205. The molecule has 0 unspecified atom stereocenters. The summed E-state index contributed by atoms with van der Waals surface area (Å²) in [5.74, 6) is -0.227. The highest BCUT2D eigenvalue weighted by Crippen LogP contribution is 2.04. The summed E-state index contributed by atoms with van der Waals surface area (Å²) in [4.78, 5) is 21.7. The third kappa shape index (κ3) is 11.0. The molecule has 0 aromatic carbocycles. The van der Waals surface area contributed by atoms with Gasteiger partial charge in [-0.3, -0.25) is 9.59 Å². The molecular weight excluding hydrogens is 204 g/mol. The van der Waals surface area contributed by atoms with E-state index in [2.05, 4.69) is 12.2 Å². The molecule has 0 heterocycles. The van der Waals surface area contributed by atoms with Crippen molar-refractivity contribution < 1.29 is 9.59 Å². The third-order valence-electron chi connectivity index (χ3n) is 2.43. The average molecular weight is 228 g/mol. The Morgan fingerprint density at radius 1 is 1.00 bits per heavy atom. The molecule has 0 aliphatic carbocycles. The second-order valence-electron chi connectivity index (χ2n) is 4.08. The first-order valence-corrected chi connectivity index (χ1v) is 6.21. The minimum Gasteiger partial charge on any atom is -0.370 e. The van der Waals surface area contributed by atoms with Crippen molar-refractivity contribution in [1.82, 2.24) is 5.32 Å². The first-order valence-electron chi connectivity index (χ1n) is 6.21. The molecule has 0 radical (unpaired) electrons. The van der Waals surface area contributed by atoms with Crippen molar-refractivity contribution in [2.75, 3.05) is 6.54 Å². The van der Waals surface area contributed by atoms with E-state index in [0.29, 0.717) is 25.8 Å². The van der Waals surface area contributed by atoms with Gasteiger partial charge >= 0.3 is 0 Å². The van der Waals surface area contributed by atoms with Gasteiger partial charge in [-0.1, -0.05) is 32.6 Å². The molecule has 4 nitrogen and oxygen atoms in total. The molecule has 94 valence electrons. The third-order valence-corrected chi connectivity index (χ3v) is 2.43. The first-order chi connectivity index (χ1) is 7.66. The molecule has 0 saturated heterocycles. The Morgan fingerprint density at radius 3 is 2.31 bits per heavy atom. The van der Waals surface area contributed by atoms with Crippen LogP contribution in [0.2, 0.25) is 0 Å². The van der Waals surface area contributed by atoms with Crippen molar-refractivity contribution in [1.29, 1.82) is 0 Å². The van der Waals surface area contributed by atoms with Gasteiger partial charge < -0.3 is 11.1 Å². The Kier molecular flexibility index (Phi) is 9.76. The number of hydrogen-bond donors (Lipinski definition) is 2. The minimum absolute atomic E-state index is 0.0842. The highest BCUT2D eigenvalue weighted by molar-refractivity contribution is 5.76. The zero-order chi connectivity index (χ0) is 12.2. The van der Waals surface area contributed by atoms with Crippen LogP contribution in [0.15, 0.2) is 0 Å². The number of amides is 2. The van der Waals surface area contributed by atoms with Crippen LogP contribution in [0.4, 0.5) is 0 Å². The predicted octanol–water partition coefficient (Wildman–Crippen LogP) is 1.73. The van der Waals surface area contributed by atoms with Gasteiger partial charge in [0.2, 0.25) is 11.8 Å². The van der Waals surface area contributed by atoms with Gasteiger partial charge in [0, 0.05) is 19.4 Å². The zero-order valence-corrected chi connectivity index (χ0v) is 10.3. The van der Waals surface area contributed by atoms with Crippen LogP contribution in [0.25, 0.3) is 0 Å². The SMILES string of the molecule is CCCCCCCC(=O)NCCCC(N)=O. The van der Waals surface area contributed by atoms with E-state index in [-0.39, 0.29) is 11.8 Å². The van der Waals surface area contributed by atoms with Crippen molar-refractivity contribution in [3.63, 3.8) is 0 Å². The minimum atomic E-state index is -0.311. The summed E-state index contributed by atoms with van der Waals surface area (Å²) in [7, 11) is 0. The van der Waals surface area contributed by atoms with E-state index >= 15 is 0 Å². The van der Waals surface area contributed by atoms with Gasteiger partial charge in [-0.25, -0.2) is 0 Å². The van der Waals surface area contributed by atoms with E-state index in [9.17, 15) is 9.59 Å². The van der Waals surface area contributed by atoms with E-state index in [0.717, 1.165) is 12.8 Å². The summed E-state index contributed by atoms with van der Waals surface area (Å²) < 4.78 is 0. The van der Waals surface area contributed by atoms with Crippen LogP contribution in [-0.2, 0) is 9.59 Å². The topological polar surface area (TPSA) is 72.2 Å². The number of hydrogen-bond acceptors (Lipinski definition) is 2. The van der Waals surface area contributed by atoms with Gasteiger partial charge in [0.05, 0.1) is 0 Å². The van der Waals surface area contributed by atoms with Crippen LogP contribution in [0.1, 0.15) is 58.3 Å². The molecule has 0 bridgehead atoms. The van der Waals surface area contributed by atoms with E-state index in [1.807, 2.05) is 0 Å². The number of primary amides is 1. The van der Waals surface area contributed by atoms with Crippen LogP contribution in [0.3, 0.4) is 0 Å². The molecule has 0 aromatic rings. The maximum absolute atomic E-state index is 11.3. The number of carbonyl (C=O) groups excluding carboxylic acids is 2. The van der Waals surface area contributed by atoms with E-state index in [1.54, 1.807) is 0 Å². The van der Waals surface area contributed by atoms with E-state index in [4.69, 9.17) is 5.73 Å². The monoisotopic (exact) mass is 228 g/mol. The molecule has 0 aliphatic rings.